The minimum Gasteiger partial charge on any atom is -0.481 e. The number of hydrogen-bond acceptors (Lipinski definition) is 4. The molecule has 0 saturated carbocycles. The number of aliphatic carboxylic acids is 1. The van der Waals surface area contributed by atoms with Crippen LogP contribution in [0.25, 0.3) is 0 Å². The van der Waals surface area contributed by atoms with Gasteiger partial charge in [-0.05, 0) is 34.8 Å². The maximum absolute atomic E-state index is 12.1. The number of carbonyl (C=O) groups excluding carboxylic acids is 1. The Morgan fingerprint density at radius 2 is 2.14 bits per heavy atom. The van der Waals surface area contributed by atoms with Crippen molar-refractivity contribution in [2.45, 2.75) is 12.8 Å². The number of ether oxygens (including phenoxy) is 1. The summed E-state index contributed by atoms with van der Waals surface area (Å²) in [5.74, 6) is -1.37. The lowest BCUT2D eigenvalue weighted by Gasteiger charge is -2.33. The Morgan fingerprint density at radius 3 is 2.76 bits per heavy atom. The lowest BCUT2D eigenvalue weighted by Crippen LogP contribution is -2.46. The number of pyridine rings is 1. The molecule has 8 heteroatoms. The van der Waals surface area contributed by atoms with Crippen molar-refractivity contribution in [2.75, 3.05) is 19.8 Å². The van der Waals surface area contributed by atoms with Gasteiger partial charge in [0, 0.05) is 30.4 Å². The van der Waals surface area contributed by atoms with Crippen molar-refractivity contribution in [3.8, 4) is 0 Å². The van der Waals surface area contributed by atoms with Gasteiger partial charge in [0.2, 0.25) is 0 Å². The largest absolute Gasteiger partial charge is 0.481 e. The van der Waals surface area contributed by atoms with Gasteiger partial charge in [0.25, 0.3) is 5.91 Å². The summed E-state index contributed by atoms with van der Waals surface area (Å²) in [6.07, 6.45) is 2.22. The van der Waals surface area contributed by atoms with E-state index in [1.54, 1.807) is 6.07 Å². The Kier molecular flexibility index (Phi) is 5.18. The van der Waals surface area contributed by atoms with E-state index in [1.807, 2.05) is 0 Å². The Hall–Kier alpha value is -1.18. The van der Waals surface area contributed by atoms with E-state index in [-0.39, 0.29) is 17.3 Å². The molecule has 1 aromatic rings. The minimum atomic E-state index is -0.986. The predicted molar refractivity (Wildman–Crippen MR) is 79.4 cm³/mol. The molecule has 0 radical (unpaired) electrons. The van der Waals surface area contributed by atoms with Gasteiger partial charge in [0.05, 0.1) is 11.0 Å². The van der Waals surface area contributed by atoms with Crippen LogP contribution < -0.4 is 5.32 Å². The molecule has 1 aromatic heterocycles. The fourth-order valence-electron chi connectivity index (χ4n) is 2.15. The quantitative estimate of drug-likeness (QED) is 0.785. The van der Waals surface area contributed by atoms with E-state index in [0.717, 1.165) is 0 Å². The first-order chi connectivity index (χ1) is 9.94. The van der Waals surface area contributed by atoms with Crippen LogP contribution in [0, 0.1) is 5.41 Å². The smallest absolute Gasteiger partial charge is 0.311 e. The van der Waals surface area contributed by atoms with Gasteiger partial charge in [0.1, 0.15) is 5.15 Å². The summed E-state index contributed by atoms with van der Waals surface area (Å²) in [4.78, 5) is 27.5. The van der Waals surface area contributed by atoms with Gasteiger partial charge in [-0.2, -0.15) is 0 Å². The fourth-order valence-corrected chi connectivity index (χ4v) is 2.68. The molecule has 0 unspecified atom stereocenters. The number of rotatable bonds is 4. The Morgan fingerprint density at radius 1 is 1.48 bits per heavy atom. The van der Waals surface area contributed by atoms with E-state index in [1.165, 1.54) is 6.20 Å². The molecule has 2 heterocycles. The van der Waals surface area contributed by atoms with Crippen LogP contribution in [-0.2, 0) is 9.53 Å². The molecule has 1 aliphatic rings. The van der Waals surface area contributed by atoms with Crippen LogP contribution in [0.5, 0.6) is 0 Å². The van der Waals surface area contributed by atoms with Crippen molar-refractivity contribution in [1.29, 1.82) is 0 Å². The monoisotopic (exact) mass is 376 g/mol. The molecule has 1 fully saturated rings. The second kappa shape index (κ2) is 6.72. The zero-order valence-corrected chi connectivity index (χ0v) is 13.4. The highest BCUT2D eigenvalue weighted by molar-refractivity contribution is 9.10. The molecule has 0 bridgehead atoms. The lowest BCUT2D eigenvalue weighted by atomic mass is 9.80. The number of halogens is 2. The van der Waals surface area contributed by atoms with Crippen LogP contribution in [0.1, 0.15) is 23.2 Å². The van der Waals surface area contributed by atoms with Gasteiger partial charge < -0.3 is 15.2 Å². The minimum absolute atomic E-state index is 0.0351. The summed E-state index contributed by atoms with van der Waals surface area (Å²) < 4.78 is 5.81. The van der Waals surface area contributed by atoms with E-state index >= 15 is 0 Å². The highest BCUT2D eigenvalue weighted by Crippen LogP contribution is 2.30. The summed E-state index contributed by atoms with van der Waals surface area (Å²) in [5.41, 5.74) is -0.779. The molecule has 0 aromatic carbocycles. The number of amides is 1. The average molecular weight is 378 g/mol. The fraction of sp³-hybridized carbons (Fsp3) is 0.462. The molecule has 0 atom stereocenters. The van der Waals surface area contributed by atoms with Crippen LogP contribution in [0.3, 0.4) is 0 Å². The summed E-state index contributed by atoms with van der Waals surface area (Å²) in [6, 6.07) is 1.54. The normalized spacial score (nSPS) is 17.2. The van der Waals surface area contributed by atoms with Crippen molar-refractivity contribution in [1.82, 2.24) is 10.3 Å². The first-order valence-corrected chi connectivity index (χ1v) is 7.52. The molecular formula is C13H14BrClN2O4. The molecule has 21 heavy (non-hydrogen) atoms. The van der Waals surface area contributed by atoms with Gasteiger partial charge in [0.15, 0.2) is 0 Å². The summed E-state index contributed by atoms with van der Waals surface area (Å²) >= 11 is 9.10. The van der Waals surface area contributed by atoms with Crippen molar-refractivity contribution in [3.63, 3.8) is 0 Å². The molecule has 0 aliphatic carbocycles. The molecule has 114 valence electrons. The third kappa shape index (κ3) is 3.72. The molecular weight excluding hydrogens is 364 g/mol. The van der Waals surface area contributed by atoms with Crippen LogP contribution in [0.4, 0.5) is 0 Å². The van der Waals surface area contributed by atoms with E-state index in [4.69, 9.17) is 16.3 Å². The predicted octanol–water partition coefficient (Wildman–Crippen LogP) is 2.11. The number of nitrogens with zero attached hydrogens (tertiary/aromatic N) is 1. The average Bonchev–Trinajstić information content (AvgIpc) is 2.48. The van der Waals surface area contributed by atoms with Gasteiger partial charge in [-0.25, -0.2) is 4.98 Å². The van der Waals surface area contributed by atoms with Crippen LogP contribution >= 0.6 is 27.5 Å². The van der Waals surface area contributed by atoms with E-state index in [0.29, 0.717) is 30.5 Å². The second-order valence-corrected chi connectivity index (χ2v) is 6.15. The Bertz CT molecular complexity index is 561. The highest BCUT2D eigenvalue weighted by Gasteiger charge is 2.40. The number of nitrogens with one attached hydrogen (secondary N) is 1. The molecule has 1 aliphatic heterocycles. The first-order valence-electron chi connectivity index (χ1n) is 6.35. The van der Waals surface area contributed by atoms with E-state index in [9.17, 15) is 14.7 Å². The third-order valence-electron chi connectivity index (χ3n) is 3.54. The highest BCUT2D eigenvalue weighted by atomic mass is 79.9. The molecule has 1 saturated heterocycles. The molecule has 2 N–H and O–H groups in total. The Balaban J connectivity index is 2.08. The number of aromatic nitrogens is 1. The Labute approximate surface area is 135 Å². The van der Waals surface area contributed by atoms with Crippen molar-refractivity contribution >= 4 is 39.4 Å². The zero-order valence-electron chi connectivity index (χ0n) is 11.1. The van der Waals surface area contributed by atoms with E-state index < -0.39 is 17.3 Å². The molecule has 6 nitrogen and oxygen atoms in total. The van der Waals surface area contributed by atoms with Gasteiger partial charge in [-0.1, -0.05) is 11.6 Å². The molecule has 2 rings (SSSR count). The topological polar surface area (TPSA) is 88.5 Å². The maximum Gasteiger partial charge on any atom is 0.311 e. The third-order valence-corrected chi connectivity index (χ3v) is 4.28. The van der Waals surface area contributed by atoms with Crippen molar-refractivity contribution in [3.05, 3.63) is 27.5 Å². The summed E-state index contributed by atoms with van der Waals surface area (Å²) in [5, 5.41) is 12.1. The number of carbonyl (C=O) groups is 2. The standard InChI is InChI=1S/C13H14BrClN2O4/c14-8-5-9(10(15)16-6-8)11(18)17-7-13(12(19)20)1-3-21-4-2-13/h5-6H,1-4,7H2,(H,17,18)(H,19,20). The van der Waals surface area contributed by atoms with Crippen LogP contribution in [0.15, 0.2) is 16.7 Å². The van der Waals surface area contributed by atoms with Crippen molar-refractivity contribution in [2.24, 2.45) is 5.41 Å². The lowest BCUT2D eigenvalue weighted by molar-refractivity contribution is -0.154. The molecule has 0 spiro atoms. The maximum atomic E-state index is 12.1. The SMILES string of the molecule is O=C(NCC1(C(=O)O)CCOCC1)c1cc(Br)cnc1Cl. The summed E-state index contributed by atoms with van der Waals surface area (Å²) in [7, 11) is 0. The van der Waals surface area contributed by atoms with Gasteiger partial charge in [-0.15, -0.1) is 0 Å². The van der Waals surface area contributed by atoms with Crippen molar-refractivity contribution < 1.29 is 19.4 Å². The summed E-state index contributed by atoms with van der Waals surface area (Å²) in [6.45, 7) is 0.788. The van der Waals surface area contributed by atoms with E-state index in [2.05, 4.69) is 26.2 Å². The van der Waals surface area contributed by atoms with Crippen LogP contribution in [-0.4, -0.2) is 41.7 Å². The van der Waals surface area contributed by atoms with Crippen LogP contribution in [0.2, 0.25) is 5.15 Å². The van der Waals surface area contributed by atoms with Gasteiger partial charge in [-0.3, -0.25) is 9.59 Å². The molecule has 1 amide bonds. The number of hydrogen-bond donors (Lipinski definition) is 2. The zero-order chi connectivity index (χ0) is 15.5. The second-order valence-electron chi connectivity index (χ2n) is 4.87. The first kappa shape index (κ1) is 16.2. The van der Waals surface area contributed by atoms with Gasteiger partial charge >= 0.3 is 5.97 Å². The number of carboxylic acid groups (broad SMARTS) is 1. The number of carboxylic acids is 1.